The van der Waals surface area contributed by atoms with E-state index in [-0.39, 0.29) is 12.3 Å². The SMILES string of the molecule is COc1ccc(CN2CC(C(=O)O)CC2=O)cc1C. The van der Waals surface area contributed by atoms with E-state index in [2.05, 4.69) is 0 Å². The van der Waals surface area contributed by atoms with Gasteiger partial charge >= 0.3 is 5.97 Å². The van der Waals surface area contributed by atoms with E-state index in [1.54, 1.807) is 12.0 Å². The summed E-state index contributed by atoms with van der Waals surface area (Å²) in [7, 11) is 1.61. The Morgan fingerprint density at radius 1 is 1.53 bits per heavy atom. The number of hydrogen-bond acceptors (Lipinski definition) is 3. The number of ether oxygens (including phenoxy) is 1. The molecule has 1 saturated heterocycles. The predicted octanol–water partition coefficient (Wildman–Crippen LogP) is 1.44. The van der Waals surface area contributed by atoms with Gasteiger partial charge in [0.05, 0.1) is 13.0 Å². The Morgan fingerprint density at radius 3 is 2.79 bits per heavy atom. The van der Waals surface area contributed by atoms with Gasteiger partial charge in [0.2, 0.25) is 5.91 Å². The van der Waals surface area contributed by atoms with Crippen LogP contribution in [-0.4, -0.2) is 35.5 Å². The molecule has 1 fully saturated rings. The third kappa shape index (κ3) is 2.86. The molecule has 2 rings (SSSR count). The number of likely N-dealkylation sites (tertiary alicyclic amines) is 1. The molecule has 1 heterocycles. The number of methoxy groups -OCH3 is 1. The van der Waals surface area contributed by atoms with Crippen LogP contribution in [0.5, 0.6) is 5.75 Å². The first-order valence-corrected chi connectivity index (χ1v) is 6.15. The van der Waals surface area contributed by atoms with Crippen molar-refractivity contribution in [2.75, 3.05) is 13.7 Å². The lowest BCUT2D eigenvalue weighted by molar-refractivity contribution is -0.141. The predicted molar refractivity (Wildman–Crippen MR) is 68.9 cm³/mol. The smallest absolute Gasteiger partial charge is 0.308 e. The zero-order valence-corrected chi connectivity index (χ0v) is 11.0. The molecule has 0 saturated carbocycles. The van der Waals surface area contributed by atoms with Crippen LogP contribution in [0.3, 0.4) is 0 Å². The third-order valence-electron chi connectivity index (χ3n) is 3.40. The zero-order valence-electron chi connectivity index (χ0n) is 11.0. The number of carboxylic acids is 1. The van der Waals surface area contributed by atoms with E-state index in [9.17, 15) is 9.59 Å². The molecule has 1 unspecified atom stereocenters. The Labute approximate surface area is 111 Å². The Balaban J connectivity index is 2.07. The van der Waals surface area contributed by atoms with E-state index in [4.69, 9.17) is 9.84 Å². The van der Waals surface area contributed by atoms with Crippen molar-refractivity contribution in [2.45, 2.75) is 19.9 Å². The second kappa shape index (κ2) is 5.30. The van der Waals surface area contributed by atoms with Crippen LogP contribution < -0.4 is 4.74 Å². The molecule has 1 atom stereocenters. The number of nitrogens with zero attached hydrogens (tertiary/aromatic N) is 1. The number of rotatable bonds is 4. The Morgan fingerprint density at radius 2 is 2.26 bits per heavy atom. The molecule has 0 aromatic heterocycles. The van der Waals surface area contributed by atoms with Crippen LogP contribution in [-0.2, 0) is 16.1 Å². The highest BCUT2D eigenvalue weighted by Gasteiger charge is 2.34. The summed E-state index contributed by atoms with van der Waals surface area (Å²) < 4.78 is 5.18. The van der Waals surface area contributed by atoms with Crippen molar-refractivity contribution in [2.24, 2.45) is 5.92 Å². The van der Waals surface area contributed by atoms with Crippen LogP contribution in [0.1, 0.15) is 17.5 Å². The molecule has 5 nitrogen and oxygen atoms in total. The fourth-order valence-electron chi connectivity index (χ4n) is 2.35. The number of hydrogen-bond donors (Lipinski definition) is 1. The first kappa shape index (κ1) is 13.4. The number of aliphatic carboxylic acids is 1. The normalized spacial score (nSPS) is 18.7. The summed E-state index contributed by atoms with van der Waals surface area (Å²) in [5, 5.41) is 8.93. The van der Waals surface area contributed by atoms with Gasteiger partial charge in [0.1, 0.15) is 5.75 Å². The molecule has 1 amide bonds. The molecule has 1 aromatic carbocycles. The topological polar surface area (TPSA) is 66.8 Å². The summed E-state index contributed by atoms with van der Waals surface area (Å²) in [5.74, 6) is -0.769. The fourth-order valence-corrected chi connectivity index (χ4v) is 2.35. The summed E-state index contributed by atoms with van der Waals surface area (Å²) >= 11 is 0. The highest BCUT2D eigenvalue weighted by Crippen LogP contribution is 2.23. The number of amides is 1. The fraction of sp³-hybridized carbons (Fsp3) is 0.429. The van der Waals surface area contributed by atoms with Gasteiger partial charge in [-0.1, -0.05) is 12.1 Å². The number of carbonyl (C=O) groups is 2. The summed E-state index contributed by atoms with van der Waals surface area (Å²) in [4.78, 5) is 24.2. The van der Waals surface area contributed by atoms with E-state index in [1.165, 1.54) is 0 Å². The first-order valence-electron chi connectivity index (χ1n) is 6.15. The Kier molecular flexibility index (Phi) is 3.74. The van der Waals surface area contributed by atoms with Gasteiger partial charge in [-0.25, -0.2) is 0 Å². The van der Waals surface area contributed by atoms with Gasteiger partial charge in [0.15, 0.2) is 0 Å². The number of carbonyl (C=O) groups excluding carboxylic acids is 1. The minimum Gasteiger partial charge on any atom is -0.496 e. The largest absolute Gasteiger partial charge is 0.496 e. The van der Waals surface area contributed by atoms with Crippen LogP contribution >= 0.6 is 0 Å². The van der Waals surface area contributed by atoms with Crippen LogP contribution in [0.25, 0.3) is 0 Å². The van der Waals surface area contributed by atoms with E-state index in [0.717, 1.165) is 16.9 Å². The lowest BCUT2D eigenvalue weighted by Crippen LogP contribution is -2.25. The average Bonchev–Trinajstić information content (AvgIpc) is 2.71. The van der Waals surface area contributed by atoms with Gasteiger partial charge in [0.25, 0.3) is 0 Å². The maximum atomic E-state index is 11.7. The van der Waals surface area contributed by atoms with Crippen molar-refractivity contribution in [1.29, 1.82) is 0 Å². The molecule has 102 valence electrons. The Hall–Kier alpha value is -2.04. The highest BCUT2D eigenvalue weighted by atomic mass is 16.5. The van der Waals surface area contributed by atoms with Crippen molar-refractivity contribution in [3.8, 4) is 5.75 Å². The lowest BCUT2D eigenvalue weighted by atomic mass is 10.1. The van der Waals surface area contributed by atoms with E-state index < -0.39 is 11.9 Å². The molecule has 1 N–H and O–H groups in total. The zero-order chi connectivity index (χ0) is 14.0. The van der Waals surface area contributed by atoms with Gasteiger partial charge in [-0.2, -0.15) is 0 Å². The van der Waals surface area contributed by atoms with Gasteiger partial charge in [-0.3, -0.25) is 9.59 Å². The molecule has 19 heavy (non-hydrogen) atoms. The molecule has 0 spiro atoms. The second-order valence-electron chi connectivity index (χ2n) is 4.82. The van der Waals surface area contributed by atoms with E-state index in [1.807, 2.05) is 25.1 Å². The summed E-state index contributed by atoms with van der Waals surface area (Å²) in [5.41, 5.74) is 1.99. The van der Waals surface area contributed by atoms with Crippen molar-refractivity contribution in [1.82, 2.24) is 4.90 Å². The second-order valence-corrected chi connectivity index (χ2v) is 4.82. The van der Waals surface area contributed by atoms with E-state index in [0.29, 0.717) is 13.1 Å². The van der Waals surface area contributed by atoms with Crippen molar-refractivity contribution < 1.29 is 19.4 Å². The molecule has 5 heteroatoms. The van der Waals surface area contributed by atoms with Crippen LogP contribution in [0, 0.1) is 12.8 Å². The summed E-state index contributed by atoms with van der Waals surface area (Å²) in [6.45, 7) is 2.68. The number of benzene rings is 1. The number of carboxylic acid groups (broad SMARTS) is 1. The van der Waals surface area contributed by atoms with Crippen molar-refractivity contribution in [3.05, 3.63) is 29.3 Å². The summed E-state index contributed by atoms with van der Waals surface area (Å²) in [6, 6.07) is 5.72. The molecule has 0 bridgehead atoms. The van der Waals surface area contributed by atoms with Crippen LogP contribution in [0.4, 0.5) is 0 Å². The van der Waals surface area contributed by atoms with Crippen molar-refractivity contribution in [3.63, 3.8) is 0 Å². The number of aryl methyl sites for hydroxylation is 1. The molecular formula is C14H17NO4. The monoisotopic (exact) mass is 263 g/mol. The van der Waals surface area contributed by atoms with Gasteiger partial charge in [0, 0.05) is 19.5 Å². The summed E-state index contributed by atoms with van der Waals surface area (Å²) in [6.07, 6.45) is 0.102. The third-order valence-corrected chi connectivity index (χ3v) is 3.40. The van der Waals surface area contributed by atoms with Crippen LogP contribution in [0.15, 0.2) is 18.2 Å². The minimum atomic E-state index is -0.901. The molecule has 0 radical (unpaired) electrons. The average molecular weight is 263 g/mol. The maximum Gasteiger partial charge on any atom is 0.308 e. The molecular weight excluding hydrogens is 246 g/mol. The Bertz CT molecular complexity index is 512. The maximum absolute atomic E-state index is 11.7. The lowest BCUT2D eigenvalue weighted by Gasteiger charge is -2.17. The molecule has 1 aliphatic rings. The van der Waals surface area contributed by atoms with Gasteiger partial charge < -0.3 is 14.7 Å². The molecule has 0 aliphatic carbocycles. The molecule has 1 aliphatic heterocycles. The van der Waals surface area contributed by atoms with E-state index >= 15 is 0 Å². The van der Waals surface area contributed by atoms with Crippen LogP contribution in [0.2, 0.25) is 0 Å². The van der Waals surface area contributed by atoms with Crippen molar-refractivity contribution >= 4 is 11.9 Å². The van der Waals surface area contributed by atoms with Gasteiger partial charge in [-0.15, -0.1) is 0 Å². The van der Waals surface area contributed by atoms with Gasteiger partial charge in [-0.05, 0) is 24.1 Å². The first-order chi connectivity index (χ1) is 9.01. The molecule has 1 aromatic rings. The quantitative estimate of drug-likeness (QED) is 0.892. The standard InChI is InChI=1S/C14H17NO4/c1-9-5-10(3-4-12(9)19-2)7-15-8-11(14(17)18)6-13(15)16/h3-5,11H,6-8H2,1-2H3,(H,17,18). The minimum absolute atomic E-state index is 0.0964. The highest BCUT2D eigenvalue weighted by molar-refractivity contribution is 5.86.